The Balaban J connectivity index is 1.60. The molecule has 3 amide bonds. The monoisotopic (exact) mass is 400 g/mol. The van der Waals surface area contributed by atoms with Gasteiger partial charge in [0.2, 0.25) is 0 Å². The predicted octanol–water partition coefficient (Wildman–Crippen LogP) is 3.30. The van der Waals surface area contributed by atoms with Crippen LogP contribution in [0, 0.1) is 5.82 Å². The molecule has 0 saturated carbocycles. The number of halogens is 1. The summed E-state index contributed by atoms with van der Waals surface area (Å²) in [6, 6.07) is 12.7. The van der Waals surface area contributed by atoms with Crippen LogP contribution in [0.1, 0.15) is 15.9 Å². The summed E-state index contributed by atoms with van der Waals surface area (Å²) < 4.78 is 18.7. The molecule has 1 heterocycles. The lowest BCUT2D eigenvalue weighted by atomic mass is 10.2. The van der Waals surface area contributed by atoms with Gasteiger partial charge in [-0.2, -0.15) is 0 Å². The molecular formula is C20H17FN2O4S. The van der Waals surface area contributed by atoms with E-state index >= 15 is 0 Å². The van der Waals surface area contributed by atoms with Crippen molar-refractivity contribution in [2.45, 2.75) is 0 Å². The summed E-state index contributed by atoms with van der Waals surface area (Å²) in [6.07, 6.45) is 1.63. The minimum Gasteiger partial charge on any atom is -0.497 e. The Kier molecular flexibility index (Phi) is 6.10. The number of hydrogen-bond acceptors (Lipinski definition) is 5. The molecule has 0 atom stereocenters. The van der Waals surface area contributed by atoms with Gasteiger partial charge in [0, 0.05) is 13.1 Å². The van der Waals surface area contributed by atoms with Gasteiger partial charge in [-0.1, -0.05) is 24.3 Å². The van der Waals surface area contributed by atoms with Crippen LogP contribution in [0.2, 0.25) is 0 Å². The highest BCUT2D eigenvalue weighted by Crippen LogP contribution is 2.32. The molecule has 0 bridgehead atoms. The third-order valence-corrected chi connectivity index (χ3v) is 4.93. The standard InChI is InChI=1S/C20H17FN2O4S/c1-27-14-8-6-13(7-9-14)12-17-19(25)23(20(26)28-17)11-10-22-18(24)15-4-2-3-5-16(15)21/h2-9,12H,10-11H2,1H3,(H,22,24)/b17-12-. The lowest BCUT2D eigenvalue weighted by Gasteiger charge is -2.13. The zero-order valence-electron chi connectivity index (χ0n) is 15.0. The minimum absolute atomic E-state index is 0.00477. The quantitative estimate of drug-likeness (QED) is 0.753. The van der Waals surface area contributed by atoms with E-state index in [-0.39, 0.29) is 18.7 Å². The Bertz CT molecular complexity index is 943. The van der Waals surface area contributed by atoms with Gasteiger partial charge in [0.15, 0.2) is 0 Å². The number of carbonyl (C=O) groups is 3. The Morgan fingerprint density at radius 3 is 2.57 bits per heavy atom. The maximum Gasteiger partial charge on any atom is 0.293 e. The molecule has 1 fully saturated rings. The fourth-order valence-electron chi connectivity index (χ4n) is 2.57. The van der Waals surface area contributed by atoms with Crippen LogP contribution in [0.5, 0.6) is 5.75 Å². The zero-order chi connectivity index (χ0) is 20.1. The number of hydrogen-bond donors (Lipinski definition) is 1. The first-order valence-electron chi connectivity index (χ1n) is 8.42. The molecule has 0 aliphatic carbocycles. The summed E-state index contributed by atoms with van der Waals surface area (Å²) in [7, 11) is 1.56. The van der Waals surface area contributed by atoms with Gasteiger partial charge in [-0.05, 0) is 47.7 Å². The Labute approximate surface area is 165 Å². The number of nitrogens with zero attached hydrogens (tertiary/aromatic N) is 1. The van der Waals surface area contributed by atoms with Crippen molar-refractivity contribution < 1.29 is 23.5 Å². The van der Waals surface area contributed by atoms with E-state index in [1.165, 1.54) is 18.2 Å². The van der Waals surface area contributed by atoms with Crippen LogP contribution in [-0.2, 0) is 4.79 Å². The summed E-state index contributed by atoms with van der Waals surface area (Å²) >= 11 is 0.839. The molecule has 0 unspecified atom stereocenters. The molecule has 1 aliphatic rings. The van der Waals surface area contributed by atoms with Crippen LogP contribution in [0.4, 0.5) is 9.18 Å². The van der Waals surface area contributed by atoms with Crippen LogP contribution in [0.25, 0.3) is 6.08 Å². The van der Waals surface area contributed by atoms with E-state index in [1.54, 1.807) is 43.5 Å². The number of methoxy groups -OCH3 is 1. The zero-order valence-corrected chi connectivity index (χ0v) is 15.8. The molecule has 144 valence electrons. The molecule has 2 aromatic carbocycles. The van der Waals surface area contributed by atoms with Crippen molar-refractivity contribution in [3.63, 3.8) is 0 Å². The van der Waals surface area contributed by atoms with Crippen molar-refractivity contribution in [1.82, 2.24) is 10.2 Å². The summed E-state index contributed by atoms with van der Waals surface area (Å²) in [5.41, 5.74) is 0.676. The van der Waals surface area contributed by atoms with E-state index in [4.69, 9.17) is 4.74 Å². The fraction of sp³-hybridized carbons (Fsp3) is 0.150. The second-order valence-electron chi connectivity index (χ2n) is 5.84. The number of imide groups is 1. The highest BCUT2D eigenvalue weighted by molar-refractivity contribution is 8.18. The number of benzene rings is 2. The molecule has 28 heavy (non-hydrogen) atoms. The number of ether oxygens (including phenoxy) is 1. The molecule has 2 aromatic rings. The molecule has 0 aromatic heterocycles. The van der Waals surface area contributed by atoms with Crippen molar-refractivity contribution in [3.8, 4) is 5.75 Å². The van der Waals surface area contributed by atoms with Crippen molar-refractivity contribution in [3.05, 3.63) is 70.4 Å². The maximum absolute atomic E-state index is 13.6. The molecule has 3 rings (SSSR count). The Morgan fingerprint density at radius 2 is 1.89 bits per heavy atom. The highest BCUT2D eigenvalue weighted by Gasteiger charge is 2.34. The van der Waals surface area contributed by atoms with Gasteiger partial charge in [0.05, 0.1) is 17.6 Å². The molecule has 0 radical (unpaired) electrons. The molecule has 8 heteroatoms. The first-order chi connectivity index (χ1) is 13.5. The van der Waals surface area contributed by atoms with Crippen LogP contribution in [0.3, 0.4) is 0 Å². The smallest absolute Gasteiger partial charge is 0.293 e. The number of carbonyl (C=O) groups excluding carboxylic acids is 3. The maximum atomic E-state index is 13.6. The lowest BCUT2D eigenvalue weighted by Crippen LogP contribution is -2.37. The van der Waals surface area contributed by atoms with Gasteiger partial charge in [-0.15, -0.1) is 0 Å². The van der Waals surface area contributed by atoms with Gasteiger partial charge < -0.3 is 10.1 Å². The number of amides is 3. The minimum atomic E-state index is -0.631. The lowest BCUT2D eigenvalue weighted by molar-refractivity contribution is -0.122. The molecule has 1 aliphatic heterocycles. The first kappa shape index (κ1) is 19.6. The average Bonchev–Trinajstić information content (AvgIpc) is 2.96. The second-order valence-corrected chi connectivity index (χ2v) is 6.84. The van der Waals surface area contributed by atoms with E-state index in [2.05, 4.69) is 5.32 Å². The first-order valence-corrected chi connectivity index (χ1v) is 9.23. The van der Waals surface area contributed by atoms with Crippen LogP contribution in [0.15, 0.2) is 53.4 Å². The van der Waals surface area contributed by atoms with E-state index in [0.717, 1.165) is 22.2 Å². The number of thioether (sulfide) groups is 1. The molecule has 6 nitrogen and oxygen atoms in total. The summed E-state index contributed by atoms with van der Waals surface area (Å²) in [5, 5.41) is 2.11. The van der Waals surface area contributed by atoms with E-state index in [1.807, 2.05) is 0 Å². The normalized spacial score (nSPS) is 15.2. The number of rotatable bonds is 6. The fourth-order valence-corrected chi connectivity index (χ4v) is 3.43. The molecule has 0 spiro atoms. The van der Waals surface area contributed by atoms with Crippen molar-refractivity contribution in [2.24, 2.45) is 0 Å². The molecular weight excluding hydrogens is 383 g/mol. The van der Waals surface area contributed by atoms with Gasteiger partial charge in [0.25, 0.3) is 17.1 Å². The van der Waals surface area contributed by atoms with Gasteiger partial charge in [-0.3, -0.25) is 19.3 Å². The van der Waals surface area contributed by atoms with Crippen molar-refractivity contribution in [2.75, 3.05) is 20.2 Å². The largest absolute Gasteiger partial charge is 0.497 e. The Morgan fingerprint density at radius 1 is 1.18 bits per heavy atom. The summed E-state index contributed by atoms with van der Waals surface area (Å²) in [4.78, 5) is 37.9. The van der Waals surface area contributed by atoms with Gasteiger partial charge >= 0.3 is 0 Å². The third-order valence-electron chi connectivity index (χ3n) is 4.03. The van der Waals surface area contributed by atoms with Gasteiger partial charge in [-0.25, -0.2) is 4.39 Å². The third kappa shape index (κ3) is 4.40. The topological polar surface area (TPSA) is 75.7 Å². The van der Waals surface area contributed by atoms with Crippen molar-refractivity contribution >= 4 is 34.9 Å². The van der Waals surface area contributed by atoms with E-state index in [0.29, 0.717) is 10.7 Å². The van der Waals surface area contributed by atoms with E-state index in [9.17, 15) is 18.8 Å². The second kappa shape index (κ2) is 8.71. The van der Waals surface area contributed by atoms with Crippen LogP contribution < -0.4 is 10.1 Å². The summed E-state index contributed by atoms with van der Waals surface area (Å²) in [6.45, 7) is 0.0336. The van der Waals surface area contributed by atoms with Crippen molar-refractivity contribution in [1.29, 1.82) is 0 Å². The van der Waals surface area contributed by atoms with E-state index < -0.39 is 22.9 Å². The Hall–Kier alpha value is -3.13. The highest BCUT2D eigenvalue weighted by atomic mass is 32.2. The molecule has 1 N–H and O–H groups in total. The number of nitrogens with one attached hydrogen (secondary N) is 1. The summed E-state index contributed by atoms with van der Waals surface area (Å²) in [5.74, 6) is -0.964. The molecule has 1 saturated heterocycles. The average molecular weight is 400 g/mol. The van der Waals surface area contributed by atoms with Crippen LogP contribution in [-0.4, -0.2) is 42.2 Å². The van der Waals surface area contributed by atoms with Crippen LogP contribution >= 0.6 is 11.8 Å². The van der Waals surface area contributed by atoms with Gasteiger partial charge in [0.1, 0.15) is 11.6 Å². The SMILES string of the molecule is COc1ccc(/C=C2\SC(=O)N(CCNC(=O)c3ccccc3F)C2=O)cc1. The predicted molar refractivity (Wildman–Crippen MR) is 104 cm³/mol.